The fourth-order valence-electron chi connectivity index (χ4n) is 1.59. The summed E-state index contributed by atoms with van der Waals surface area (Å²) in [5.41, 5.74) is 6.15. The first-order chi connectivity index (χ1) is 9.08. The Labute approximate surface area is 110 Å². The highest BCUT2D eigenvalue weighted by atomic mass is 16.2. The molecule has 0 aliphatic carbocycles. The van der Waals surface area contributed by atoms with Crippen LogP contribution >= 0.6 is 0 Å². The molecule has 1 aromatic carbocycles. The second kappa shape index (κ2) is 5.34. The quantitative estimate of drug-likeness (QED) is 0.862. The topological polar surface area (TPSA) is 90.0 Å². The van der Waals surface area contributed by atoms with Crippen molar-refractivity contribution in [3.63, 3.8) is 0 Å². The molecule has 0 aliphatic heterocycles. The number of amides is 2. The fourth-order valence-corrected chi connectivity index (χ4v) is 1.59. The molecule has 0 spiro atoms. The number of nitrogens with two attached hydrogens (primary N) is 1. The summed E-state index contributed by atoms with van der Waals surface area (Å²) in [6.07, 6.45) is 3.34. The molecule has 1 heterocycles. The average molecular weight is 258 g/mol. The number of hydrogen-bond acceptors (Lipinski definition) is 3. The molecule has 1 atom stereocenters. The molecule has 1 unspecified atom stereocenters. The van der Waals surface area contributed by atoms with E-state index in [2.05, 4.69) is 10.4 Å². The van der Waals surface area contributed by atoms with E-state index in [-0.39, 0.29) is 5.91 Å². The van der Waals surface area contributed by atoms with Gasteiger partial charge in [0.15, 0.2) is 0 Å². The van der Waals surface area contributed by atoms with Gasteiger partial charge in [-0.2, -0.15) is 5.10 Å². The molecule has 3 N–H and O–H groups in total. The highest BCUT2D eigenvalue weighted by Gasteiger charge is 2.14. The molecule has 98 valence electrons. The lowest BCUT2D eigenvalue weighted by atomic mass is 10.2. The molecule has 6 heteroatoms. The van der Waals surface area contributed by atoms with Gasteiger partial charge in [-0.05, 0) is 37.3 Å². The fraction of sp³-hybridized carbons (Fsp3) is 0.154. The first-order valence-corrected chi connectivity index (χ1v) is 5.78. The van der Waals surface area contributed by atoms with Crippen LogP contribution in [0, 0.1) is 0 Å². The van der Waals surface area contributed by atoms with Crippen LogP contribution in [0.1, 0.15) is 23.3 Å². The van der Waals surface area contributed by atoms with Crippen LogP contribution in [0.15, 0.2) is 42.7 Å². The van der Waals surface area contributed by atoms with E-state index >= 15 is 0 Å². The van der Waals surface area contributed by atoms with Crippen LogP contribution in [0.5, 0.6) is 0 Å². The minimum Gasteiger partial charge on any atom is -0.366 e. The van der Waals surface area contributed by atoms with Crippen LogP contribution in [-0.2, 0) is 4.79 Å². The number of nitrogens with zero attached hydrogens (tertiary/aromatic N) is 2. The van der Waals surface area contributed by atoms with Crippen LogP contribution < -0.4 is 11.1 Å². The maximum Gasteiger partial charge on any atom is 0.248 e. The maximum atomic E-state index is 12.0. The van der Waals surface area contributed by atoms with Crippen molar-refractivity contribution < 1.29 is 9.59 Å². The molecule has 1 aromatic heterocycles. The van der Waals surface area contributed by atoms with E-state index in [9.17, 15) is 9.59 Å². The monoisotopic (exact) mass is 258 g/mol. The van der Waals surface area contributed by atoms with Crippen LogP contribution in [0.3, 0.4) is 0 Å². The zero-order valence-electron chi connectivity index (χ0n) is 10.4. The first-order valence-electron chi connectivity index (χ1n) is 5.78. The Morgan fingerprint density at radius 3 is 2.53 bits per heavy atom. The second-order valence-electron chi connectivity index (χ2n) is 4.09. The molecule has 2 amide bonds. The predicted molar refractivity (Wildman–Crippen MR) is 70.5 cm³/mol. The third-order valence-corrected chi connectivity index (χ3v) is 2.74. The molecule has 0 bridgehead atoms. The van der Waals surface area contributed by atoms with Gasteiger partial charge < -0.3 is 11.1 Å². The maximum absolute atomic E-state index is 12.0. The molecule has 0 saturated heterocycles. The molecule has 6 nitrogen and oxygen atoms in total. The first kappa shape index (κ1) is 12.8. The van der Waals surface area contributed by atoms with Gasteiger partial charge in [0, 0.05) is 23.6 Å². The van der Waals surface area contributed by atoms with Crippen molar-refractivity contribution in [2.75, 3.05) is 5.32 Å². The molecule has 0 aliphatic rings. The average Bonchev–Trinajstić information content (AvgIpc) is 2.92. The molecular formula is C13H14N4O2. The second-order valence-corrected chi connectivity index (χ2v) is 4.09. The number of primary amides is 1. The number of benzene rings is 1. The van der Waals surface area contributed by atoms with E-state index in [1.54, 1.807) is 54.3 Å². The number of rotatable bonds is 4. The van der Waals surface area contributed by atoms with Gasteiger partial charge in [0.25, 0.3) is 0 Å². The van der Waals surface area contributed by atoms with Gasteiger partial charge in [-0.15, -0.1) is 0 Å². The molecule has 2 rings (SSSR count). The Kier molecular flexibility index (Phi) is 3.61. The minimum absolute atomic E-state index is 0.185. The Hall–Kier alpha value is -2.63. The van der Waals surface area contributed by atoms with Gasteiger partial charge >= 0.3 is 0 Å². The smallest absolute Gasteiger partial charge is 0.248 e. The van der Waals surface area contributed by atoms with E-state index in [0.717, 1.165) is 0 Å². The predicted octanol–water partition coefficient (Wildman–Crippen LogP) is 1.18. The van der Waals surface area contributed by atoms with E-state index < -0.39 is 11.9 Å². The van der Waals surface area contributed by atoms with Gasteiger partial charge in [-0.3, -0.25) is 14.3 Å². The third kappa shape index (κ3) is 2.98. The number of carbonyl (C=O) groups is 2. The highest BCUT2D eigenvalue weighted by molar-refractivity contribution is 5.95. The summed E-state index contributed by atoms with van der Waals surface area (Å²) >= 11 is 0. The van der Waals surface area contributed by atoms with Crippen LogP contribution in [0.4, 0.5) is 5.69 Å². The molecular weight excluding hydrogens is 244 g/mol. The van der Waals surface area contributed by atoms with E-state index in [4.69, 9.17) is 5.73 Å². The van der Waals surface area contributed by atoms with Crippen molar-refractivity contribution in [3.05, 3.63) is 48.3 Å². The van der Waals surface area contributed by atoms with Gasteiger partial charge in [0.05, 0.1) is 0 Å². The molecule has 0 radical (unpaired) electrons. The summed E-state index contributed by atoms with van der Waals surface area (Å²) in [4.78, 5) is 22.9. The van der Waals surface area contributed by atoms with Crippen LogP contribution in [-0.4, -0.2) is 21.6 Å². The van der Waals surface area contributed by atoms with Crippen molar-refractivity contribution in [1.82, 2.24) is 9.78 Å². The molecule has 0 fully saturated rings. The Morgan fingerprint density at radius 1 is 1.32 bits per heavy atom. The summed E-state index contributed by atoms with van der Waals surface area (Å²) in [7, 11) is 0. The standard InChI is InChI=1S/C13H14N4O2/c1-9(17-8-2-7-15-17)13(19)16-11-5-3-10(4-6-11)12(14)18/h2-9H,1H3,(H2,14,18)(H,16,19). The lowest BCUT2D eigenvalue weighted by molar-refractivity contribution is -0.119. The van der Waals surface area contributed by atoms with E-state index in [1.807, 2.05) is 0 Å². The Balaban J connectivity index is 2.04. The molecule has 0 saturated carbocycles. The van der Waals surface area contributed by atoms with Crippen molar-refractivity contribution in [3.8, 4) is 0 Å². The summed E-state index contributed by atoms with van der Waals surface area (Å²) in [5, 5.41) is 6.76. The number of anilines is 1. The Morgan fingerprint density at radius 2 is 2.00 bits per heavy atom. The van der Waals surface area contributed by atoms with E-state index in [1.165, 1.54) is 0 Å². The molecule has 19 heavy (non-hydrogen) atoms. The zero-order valence-corrected chi connectivity index (χ0v) is 10.4. The van der Waals surface area contributed by atoms with E-state index in [0.29, 0.717) is 11.3 Å². The summed E-state index contributed by atoms with van der Waals surface area (Å²) in [5.74, 6) is -0.682. The van der Waals surface area contributed by atoms with Gasteiger partial charge in [-0.25, -0.2) is 0 Å². The normalized spacial score (nSPS) is 11.8. The number of hydrogen-bond donors (Lipinski definition) is 2. The van der Waals surface area contributed by atoms with Crippen molar-refractivity contribution in [2.45, 2.75) is 13.0 Å². The van der Waals surface area contributed by atoms with Crippen molar-refractivity contribution >= 4 is 17.5 Å². The third-order valence-electron chi connectivity index (χ3n) is 2.74. The van der Waals surface area contributed by atoms with Gasteiger partial charge in [0.1, 0.15) is 6.04 Å². The largest absolute Gasteiger partial charge is 0.366 e. The van der Waals surface area contributed by atoms with Crippen molar-refractivity contribution in [1.29, 1.82) is 0 Å². The highest BCUT2D eigenvalue weighted by Crippen LogP contribution is 2.12. The van der Waals surface area contributed by atoms with Gasteiger partial charge in [0.2, 0.25) is 11.8 Å². The summed E-state index contributed by atoms with van der Waals surface area (Å²) in [6, 6.07) is 7.74. The number of nitrogens with one attached hydrogen (secondary N) is 1. The lowest BCUT2D eigenvalue weighted by Crippen LogP contribution is -2.24. The number of aromatic nitrogens is 2. The Bertz CT molecular complexity index is 575. The minimum atomic E-state index is -0.497. The van der Waals surface area contributed by atoms with Crippen molar-refractivity contribution in [2.24, 2.45) is 5.73 Å². The zero-order chi connectivity index (χ0) is 13.8. The summed E-state index contributed by atoms with van der Waals surface area (Å²) in [6.45, 7) is 1.75. The van der Waals surface area contributed by atoms with Crippen LogP contribution in [0.2, 0.25) is 0 Å². The van der Waals surface area contributed by atoms with Crippen LogP contribution in [0.25, 0.3) is 0 Å². The molecule has 2 aromatic rings. The van der Waals surface area contributed by atoms with Gasteiger partial charge in [-0.1, -0.05) is 0 Å². The SMILES string of the molecule is CC(C(=O)Nc1ccc(C(N)=O)cc1)n1cccn1. The summed E-state index contributed by atoms with van der Waals surface area (Å²) < 4.78 is 1.56. The number of carbonyl (C=O) groups excluding carboxylic acids is 2. The lowest BCUT2D eigenvalue weighted by Gasteiger charge is -2.12.